The maximum absolute atomic E-state index is 13.7. The molecule has 0 aliphatic carbocycles. The van der Waals surface area contributed by atoms with Crippen molar-refractivity contribution in [1.82, 2.24) is 10.2 Å². The zero-order valence-corrected chi connectivity index (χ0v) is 23.5. The van der Waals surface area contributed by atoms with Gasteiger partial charge in [0.1, 0.15) is 12.6 Å². The maximum atomic E-state index is 13.7. The van der Waals surface area contributed by atoms with Crippen molar-refractivity contribution >= 4 is 73.9 Å². The molecule has 2 rings (SSSR count). The maximum Gasteiger partial charge on any atom is 0.244 e. The molecule has 0 aliphatic rings. The number of hydrogen-bond acceptors (Lipinski definition) is 4. The molecule has 0 spiro atoms. The Morgan fingerprint density at radius 3 is 2.03 bits per heavy atom. The number of halogens is 4. The molecule has 2 aromatic rings. The first kappa shape index (κ1) is 29.5. The summed E-state index contributed by atoms with van der Waals surface area (Å²) in [6.07, 6.45) is 1.22. The molecule has 0 radical (unpaired) electrons. The molecule has 1 atom stereocenters. The third-order valence-electron chi connectivity index (χ3n) is 5.09. The van der Waals surface area contributed by atoms with Crippen LogP contribution in [0.1, 0.15) is 32.8 Å². The van der Waals surface area contributed by atoms with E-state index in [4.69, 9.17) is 46.4 Å². The van der Waals surface area contributed by atoms with Gasteiger partial charge in [0.15, 0.2) is 0 Å². The van der Waals surface area contributed by atoms with Crippen LogP contribution < -0.4 is 9.62 Å². The molecular weight excluding hydrogens is 556 g/mol. The number of sulfonamides is 1. The number of nitrogens with one attached hydrogen (secondary N) is 1. The van der Waals surface area contributed by atoms with Gasteiger partial charge in [-0.3, -0.25) is 13.9 Å². The minimum Gasteiger partial charge on any atom is -0.352 e. The number of carbonyl (C=O) groups excluding carboxylic acids is 2. The van der Waals surface area contributed by atoms with E-state index >= 15 is 0 Å². The van der Waals surface area contributed by atoms with E-state index in [1.165, 1.54) is 23.1 Å². The van der Waals surface area contributed by atoms with E-state index in [-0.39, 0.29) is 40.6 Å². The molecule has 0 saturated heterocycles. The fraction of sp³-hybridized carbons (Fsp3) is 0.391. The molecule has 192 valence electrons. The predicted octanol–water partition coefficient (Wildman–Crippen LogP) is 5.40. The summed E-state index contributed by atoms with van der Waals surface area (Å²) in [5, 5.41) is 3.55. The predicted molar refractivity (Wildman–Crippen MR) is 143 cm³/mol. The number of rotatable bonds is 10. The lowest BCUT2D eigenvalue weighted by atomic mass is 10.1. The molecule has 0 saturated carbocycles. The van der Waals surface area contributed by atoms with E-state index in [9.17, 15) is 18.0 Å². The van der Waals surface area contributed by atoms with Crippen LogP contribution in [-0.4, -0.2) is 50.0 Å². The summed E-state index contributed by atoms with van der Waals surface area (Å²) in [6.45, 7) is 4.62. The van der Waals surface area contributed by atoms with Gasteiger partial charge in [0.2, 0.25) is 21.8 Å². The number of carbonyl (C=O) groups is 2. The Hall–Kier alpha value is -1.71. The second kappa shape index (κ2) is 12.5. The smallest absolute Gasteiger partial charge is 0.244 e. The molecule has 2 aromatic carbocycles. The molecule has 0 fully saturated rings. The van der Waals surface area contributed by atoms with Crippen LogP contribution in [-0.2, 0) is 26.2 Å². The van der Waals surface area contributed by atoms with Gasteiger partial charge >= 0.3 is 0 Å². The molecule has 2 amide bonds. The lowest BCUT2D eigenvalue weighted by Gasteiger charge is -2.33. The summed E-state index contributed by atoms with van der Waals surface area (Å²) in [7, 11) is -3.96. The summed E-state index contributed by atoms with van der Waals surface area (Å²) in [6, 6.07) is 8.30. The fourth-order valence-electron chi connectivity index (χ4n) is 3.43. The highest BCUT2D eigenvalue weighted by atomic mass is 35.5. The van der Waals surface area contributed by atoms with Crippen molar-refractivity contribution in [2.75, 3.05) is 17.1 Å². The molecule has 0 aromatic heterocycles. The van der Waals surface area contributed by atoms with Crippen molar-refractivity contribution in [2.45, 2.75) is 45.8 Å². The molecule has 12 heteroatoms. The molecule has 35 heavy (non-hydrogen) atoms. The number of amides is 2. The molecule has 0 aliphatic heterocycles. The minimum atomic E-state index is -3.96. The molecule has 1 N–H and O–H groups in total. The molecule has 0 bridgehead atoms. The van der Waals surface area contributed by atoms with Crippen molar-refractivity contribution in [3.63, 3.8) is 0 Å². The summed E-state index contributed by atoms with van der Waals surface area (Å²) < 4.78 is 26.2. The van der Waals surface area contributed by atoms with Crippen LogP contribution in [0, 0.1) is 0 Å². The van der Waals surface area contributed by atoms with Gasteiger partial charge in [0.05, 0.1) is 22.0 Å². The Kier molecular flexibility index (Phi) is 10.5. The lowest BCUT2D eigenvalue weighted by Crippen LogP contribution is -2.53. The second-order valence-electron chi connectivity index (χ2n) is 8.15. The molecule has 0 unspecified atom stereocenters. The van der Waals surface area contributed by atoms with E-state index < -0.39 is 28.5 Å². The van der Waals surface area contributed by atoms with Crippen LogP contribution in [0.25, 0.3) is 0 Å². The summed E-state index contributed by atoms with van der Waals surface area (Å²) in [5.74, 6) is -1.03. The van der Waals surface area contributed by atoms with Gasteiger partial charge in [0.25, 0.3) is 0 Å². The summed E-state index contributed by atoms with van der Waals surface area (Å²) in [5.41, 5.74) is 0.483. The normalized spacial score (nSPS) is 12.4. The van der Waals surface area contributed by atoms with Crippen molar-refractivity contribution in [2.24, 2.45) is 0 Å². The highest BCUT2D eigenvalue weighted by Gasteiger charge is 2.33. The monoisotopic (exact) mass is 581 g/mol. The first-order valence-corrected chi connectivity index (χ1v) is 14.1. The van der Waals surface area contributed by atoms with Crippen molar-refractivity contribution < 1.29 is 18.0 Å². The zero-order chi connectivity index (χ0) is 26.5. The second-order valence-corrected chi connectivity index (χ2v) is 11.7. The number of benzene rings is 2. The van der Waals surface area contributed by atoms with Gasteiger partial charge in [-0.2, -0.15) is 0 Å². The molecule has 0 heterocycles. The summed E-state index contributed by atoms with van der Waals surface area (Å²) in [4.78, 5) is 27.9. The van der Waals surface area contributed by atoms with Gasteiger partial charge in [-0.1, -0.05) is 65.5 Å². The van der Waals surface area contributed by atoms with Gasteiger partial charge in [-0.15, -0.1) is 0 Å². The SMILES string of the molecule is CC[C@H](C(=O)NC(C)C)N(Cc1c(Cl)cccc1Cl)C(=O)CN(c1cccc(Cl)c1Cl)S(C)(=O)=O. The van der Waals surface area contributed by atoms with E-state index in [1.807, 2.05) is 0 Å². The van der Waals surface area contributed by atoms with Crippen molar-refractivity contribution in [3.8, 4) is 0 Å². The Morgan fingerprint density at radius 1 is 0.971 bits per heavy atom. The van der Waals surface area contributed by atoms with Gasteiger partial charge < -0.3 is 10.2 Å². The van der Waals surface area contributed by atoms with E-state index in [1.54, 1.807) is 39.0 Å². The Labute approximate surface area is 226 Å². The van der Waals surface area contributed by atoms with Crippen LogP contribution in [0.2, 0.25) is 20.1 Å². The van der Waals surface area contributed by atoms with Crippen molar-refractivity contribution in [1.29, 1.82) is 0 Å². The van der Waals surface area contributed by atoms with Gasteiger partial charge in [0, 0.05) is 28.2 Å². The Balaban J connectivity index is 2.55. The minimum absolute atomic E-state index is 0.0160. The third-order valence-corrected chi connectivity index (χ3v) is 7.73. The highest BCUT2D eigenvalue weighted by Crippen LogP contribution is 2.34. The van der Waals surface area contributed by atoms with E-state index in [2.05, 4.69) is 5.32 Å². The topological polar surface area (TPSA) is 86.8 Å². The largest absolute Gasteiger partial charge is 0.352 e. The summed E-state index contributed by atoms with van der Waals surface area (Å²) >= 11 is 25.0. The fourth-order valence-corrected chi connectivity index (χ4v) is 5.25. The Bertz CT molecular complexity index is 1170. The molecular formula is C23H27Cl4N3O4S. The van der Waals surface area contributed by atoms with Crippen molar-refractivity contribution in [3.05, 3.63) is 62.1 Å². The standard InChI is InChI=1S/C23H27Cl4N3O4S/c1-5-19(23(32)28-14(2)3)29(12-15-16(24)8-6-9-17(15)25)21(31)13-30(35(4,33)34)20-11-7-10-18(26)22(20)27/h6-11,14,19H,5,12-13H2,1-4H3,(H,28,32)/t19-/m1/s1. The van der Waals surface area contributed by atoms with E-state index in [0.717, 1.165) is 10.6 Å². The number of anilines is 1. The Morgan fingerprint density at radius 2 is 1.51 bits per heavy atom. The average Bonchev–Trinajstić information content (AvgIpc) is 2.74. The lowest BCUT2D eigenvalue weighted by molar-refractivity contribution is -0.140. The first-order chi connectivity index (χ1) is 16.3. The quantitative estimate of drug-likeness (QED) is 0.406. The molecule has 7 nitrogen and oxygen atoms in total. The van der Waals surface area contributed by atoms with Crippen LogP contribution in [0.4, 0.5) is 5.69 Å². The van der Waals surface area contributed by atoms with Crippen LogP contribution in [0.5, 0.6) is 0 Å². The van der Waals surface area contributed by atoms with Crippen LogP contribution in [0.15, 0.2) is 36.4 Å². The van der Waals surface area contributed by atoms with E-state index in [0.29, 0.717) is 15.6 Å². The third kappa shape index (κ3) is 7.64. The number of nitrogens with zero attached hydrogens (tertiary/aromatic N) is 2. The highest BCUT2D eigenvalue weighted by molar-refractivity contribution is 7.92. The van der Waals surface area contributed by atoms with Gasteiger partial charge in [-0.25, -0.2) is 8.42 Å². The van der Waals surface area contributed by atoms with Crippen LogP contribution >= 0.6 is 46.4 Å². The average molecular weight is 583 g/mol. The first-order valence-electron chi connectivity index (χ1n) is 10.7. The van der Waals surface area contributed by atoms with Gasteiger partial charge in [-0.05, 0) is 44.5 Å². The van der Waals surface area contributed by atoms with Crippen LogP contribution in [0.3, 0.4) is 0 Å². The zero-order valence-electron chi connectivity index (χ0n) is 19.7. The number of hydrogen-bond donors (Lipinski definition) is 1.